The zero-order valence-corrected chi connectivity index (χ0v) is 15.1. The van der Waals surface area contributed by atoms with Crippen LogP contribution in [0.15, 0.2) is 82.7 Å². The van der Waals surface area contributed by atoms with E-state index in [2.05, 4.69) is 24.1 Å². The average molecular weight is 348 g/mol. The average Bonchev–Trinajstić information content (AvgIpc) is 2.63. The Bertz CT molecular complexity index is 845. The minimum Gasteiger partial charge on any atom is -0.321 e. The van der Waals surface area contributed by atoms with Crippen LogP contribution in [0.25, 0.3) is 0 Å². The molecule has 4 heteroatoms. The van der Waals surface area contributed by atoms with Crippen molar-refractivity contribution in [3.05, 3.63) is 84.1 Å². The van der Waals surface area contributed by atoms with Crippen LogP contribution in [0, 0.1) is 0 Å². The summed E-state index contributed by atoms with van der Waals surface area (Å²) in [5.41, 5.74) is 2.43. The van der Waals surface area contributed by atoms with Gasteiger partial charge in [-0.1, -0.05) is 62.0 Å². The summed E-state index contributed by atoms with van der Waals surface area (Å²) in [6, 6.07) is 23.4. The SMILES string of the molecule is CC(C)c1ccc(NC(=O)c2cccc(Sc3ccccc3)n2)cc1. The molecule has 0 saturated heterocycles. The Morgan fingerprint density at radius 1 is 0.920 bits per heavy atom. The van der Waals surface area contributed by atoms with Crippen LogP contribution < -0.4 is 5.32 Å². The van der Waals surface area contributed by atoms with Gasteiger partial charge >= 0.3 is 0 Å². The van der Waals surface area contributed by atoms with E-state index in [0.717, 1.165) is 15.6 Å². The zero-order chi connectivity index (χ0) is 17.6. The highest BCUT2D eigenvalue weighted by molar-refractivity contribution is 7.99. The van der Waals surface area contributed by atoms with E-state index < -0.39 is 0 Å². The van der Waals surface area contributed by atoms with Gasteiger partial charge in [-0.15, -0.1) is 0 Å². The Balaban J connectivity index is 1.70. The number of nitrogens with one attached hydrogen (secondary N) is 1. The third-order valence-corrected chi connectivity index (χ3v) is 4.70. The Labute approximate surface area is 152 Å². The van der Waals surface area contributed by atoms with Crippen LogP contribution in [0.5, 0.6) is 0 Å². The fourth-order valence-corrected chi connectivity index (χ4v) is 3.18. The summed E-state index contributed by atoms with van der Waals surface area (Å²) < 4.78 is 0. The van der Waals surface area contributed by atoms with Gasteiger partial charge in [0.1, 0.15) is 10.7 Å². The van der Waals surface area contributed by atoms with Crippen LogP contribution in [0.1, 0.15) is 35.8 Å². The number of amides is 1. The maximum atomic E-state index is 12.5. The van der Waals surface area contributed by atoms with E-state index in [-0.39, 0.29) is 5.91 Å². The topological polar surface area (TPSA) is 42.0 Å². The monoisotopic (exact) mass is 348 g/mol. The van der Waals surface area contributed by atoms with Gasteiger partial charge in [-0.05, 0) is 47.9 Å². The molecule has 0 fully saturated rings. The van der Waals surface area contributed by atoms with Gasteiger partial charge in [-0.25, -0.2) is 4.98 Å². The van der Waals surface area contributed by atoms with Gasteiger partial charge in [-0.2, -0.15) is 0 Å². The summed E-state index contributed by atoms with van der Waals surface area (Å²) in [7, 11) is 0. The van der Waals surface area contributed by atoms with Crippen molar-refractivity contribution in [1.82, 2.24) is 4.98 Å². The molecule has 0 unspecified atom stereocenters. The van der Waals surface area contributed by atoms with Crippen molar-refractivity contribution >= 4 is 23.4 Å². The van der Waals surface area contributed by atoms with Crippen molar-refractivity contribution in [2.75, 3.05) is 5.32 Å². The molecule has 3 rings (SSSR count). The van der Waals surface area contributed by atoms with Crippen molar-refractivity contribution in [3.63, 3.8) is 0 Å². The van der Waals surface area contributed by atoms with Crippen LogP contribution in [-0.2, 0) is 0 Å². The van der Waals surface area contributed by atoms with Crippen LogP contribution in [0.3, 0.4) is 0 Å². The molecule has 0 aliphatic carbocycles. The number of benzene rings is 2. The smallest absolute Gasteiger partial charge is 0.274 e. The normalized spacial score (nSPS) is 10.7. The second-order valence-corrected chi connectivity index (χ2v) is 7.10. The van der Waals surface area contributed by atoms with E-state index in [1.807, 2.05) is 66.7 Å². The molecule has 1 aromatic heterocycles. The molecule has 3 aromatic rings. The minimum absolute atomic E-state index is 0.201. The Kier molecular flexibility index (Phi) is 5.51. The molecule has 126 valence electrons. The lowest BCUT2D eigenvalue weighted by Crippen LogP contribution is -2.13. The summed E-state index contributed by atoms with van der Waals surface area (Å²) >= 11 is 1.54. The standard InChI is InChI=1S/C21H20N2OS/c1-15(2)16-11-13-17(14-12-16)22-21(24)19-9-6-10-20(23-19)25-18-7-4-3-5-8-18/h3-15H,1-2H3,(H,22,24). The molecule has 0 atom stereocenters. The maximum Gasteiger partial charge on any atom is 0.274 e. The van der Waals surface area contributed by atoms with Crippen LogP contribution >= 0.6 is 11.8 Å². The molecule has 0 saturated carbocycles. The third-order valence-electron chi connectivity index (χ3n) is 3.76. The van der Waals surface area contributed by atoms with Gasteiger partial charge in [0.05, 0.1) is 0 Å². The maximum absolute atomic E-state index is 12.5. The first-order valence-corrected chi connectivity index (χ1v) is 9.05. The fourth-order valence-electron chi connectivity index (χ4n) is 2.35. The van der Waals surface area contributed by atoms with Crippen LogP contribution in [0.2, 0.25) is 0 Å². The molecule has 1 amide bonds. The van der Waals surface area contributed by atoms with Crippen molar-refractivity contribution in [2.24, 2.45) is 0 Å². The highest BCUT2D eigenvalue weighted by Crippen LogP contribution is 2.25. The molecular formula is C21H20N2OS. The number of anilines is 1. The third kappa shape index (κ3) is 4.70. The van der Waals surface area contributed by atoms with Gasteiger partial charge in [0, 0.05) is 10.6 Å². The fraction of sp³-hybridized carbons (Fsp3) is 0.143. The van der Waals surface area contributed by atoms with Gasteiger partial charge in [-0.3, -0.25) is 4.79 Å². The Morgan fingerprint density at radius 3 is 2.32 bits per heavy atom. The number of rotatable bonds is 5. The molecule has 3 nitrogen and oxygen atoms in total. The predicted octanol–water partition coefficient (Wildman–Crippen LogP) is 5.61. The molecular weight excluding hydrogens is 328 g/mol. The summed E-state index contributed by atoms with van der Waals surface area (Å²) in [5.74, 6) is 0.269. The Hall–Kier alpha value is -2.59. The van der Waals surface area contributed by atoms with E-state index in [0.29, 0.717) is 11.6 Å². The molecule has 0 bridgehead atoms. The molecule has 2 aromatic carbocycles. The summed E-state index contributed by atoms with van der Waals surface area (Å²) in [6.45, 7) is 4.29. The summed E-state index contributed by atoms with van der Waals surface area (Å²) in [4.78, 5) is 18.0. The van der Waals surface area contributed by atoms with E-state index in [4.69, 9.17) is 0 Å². The van der Waals surface area contributed by atoms with E-state index in [9.17, 15) is 4.79 Å². The van der Waals surface area contributed by atoms with Crippen LogP contribution in [0.4, 0.5) is 5.69 Å². The number of aromatic nitrogens is 1. The number of carbonyl (C=O) groups is 1. The first kappa shape index (κ1) is 17.2. The first-order valence-electron chi connectivity index (χ1n) is 8.23. The first-order chi connectivity index (χ1) is 12.1. The van der Waals surface area contributed by atoms with E-state index in [1.54, 1.807) is 6.07 Å². The molecule has 25 heavy (non-hydrogen) atoms. The lowest BCUT2D eigenvalue weighted by Gasteiger charge is -2.09. The lowest BCUT2D eigenvalue weighted by molar-refractivity contribution is 0.102. The number of carbonyl (C=O) groups excluding carboxylic acids is 1. The van der Waals surface area contributed by atoms with Gasteiger partial charge in [0.25, 0.3) is 5.91 Å². The number of nitrogens with zero attached hydrogens (tertiary/aromatic N) is 1. The second-order valence-electron chi connectivity index (χ2n) is 6.01. The van der Waals surface area contributed by atoms with Crippen molar-refractivity contribution < 1.29 is 4.79 Å². The van der Waals surface area contributed by atoms with E-state index in [1.165, 1.54) is 17.3 Å². The van der Waals surface area contributed by atoms with Gasteiger partial charge in [0.2, 0.25) is 0 Å². The summed E-state index contributed by atoms with van der Waals surface area (Å²) in [6.07, 6.45) is 0. The molecule has 1 heterocycles. The van der Waals surface area contributed by atoms with E-state index >= 15 is 0 Å². The second kappa shape index (κ2) is 7.99. The summed E-state index contributed by atoms with van der Waals surface area (Å²) in [5, 5.41) is 3.70. The molecule has 0 aliphatic rings. The molecule has 0 spiro atoms. The number of hydrogen-bond acceptors (Lipinski definition) is 3. The largest absolute Gasteiger partial charge is 0.321 e. The lowest BCUT2D eigenvalue weighted by atomic mass is 10.0. The predicted molar refractivity (Wildman–Crippen MR) is 103 cm³/mol. The highest BCUT2D eigenvalue weighted by Gasteiger charge is 2.09. The molecule has 0 aliphatic heterocycles. The van der Waals surface area contributed by atoms with Crippen LogP contribution in [-0.4, -0.2) is 10.9 Å². The Morgan fingerprint density at radius 2 is 1.64 bits per heavy atom. The number of pyridine rings is 1. The number of hydrogen-bond donors (Lipinski definition) is 1. The highest BCUT2D eigenvalue weighted by atomic mass is 32.2. The van der Waals surface area contributed by atoms with Gasteiger partial charge in [0.15, 0.2) is 0 Å². The van der Waals surface area contributed by atoms with Crippen molar-refractivity contribution in [1.29, 1.82) is 0 Å². The molecule has 0 radical (unpaired) electrons. The molecule has 1 N–H and O–H groups in total. The van der Waals surface area contributed by atoms with Crippen molar-refractivity contribution in [3.8, 4) is 0 Å². The zero-order valence-electron chi connectivity index (χ0n) is 14.3. The quantitative estimate of drug-likeness (QED) is 0.652. The van der Waals surface area contributed by atoms with Crippen molar-refractivity contribution in [2.45, 2.75) is 29.7 Å². The minimum atomic E-state index is -0.201. The van der Waals surface area contributed by atoms with Gasteiger partial charge < -0.3 is 5.32 Å².